The summed E-state index contributed by atoms with van der Waals surface area (Å²) >= 11 is 12.1. The molecule has 1 heterocycles. The van der Waals surface area contributed by atoms with Crippen molar-refractivity contribution >= 4 is 40.7 Å². The SMILES string of the molecule is O=C(NC1CCCC1)c1ccnc(C(=O)Nc2c(Cl)cccc2Cl)c1. The van der Waals surface area contributed by atoms with Crippen molar-refractivity contribution in [1.29, 1.82) is 0 Å². The minimum Gasteiger partial charge on any atom is -0.349 e. The van der Waals surface area contributed by atoms with E-state index < -0.39 is 5.91 Å². The van der Waals surface area contributed by atoms with E-state index in [0.717, 1.165) is 25.7 Å². The van der Waals surface area contributed by atoms with Gasteiger partial charge in [0.05, 0.1) is 15.7 Å². The average molecular weight is 378 g/mol. The Morgan fingerprint density at radius 2 is 1.72 bits per heavy atom. The van der Waals surface area contributed by atoms with Crippen LogP contribution in [0.2, 0.25) is 10.0 Å². The van der Waals surface area contributed by atoms with Gasteiger partial charge in [0.15, 0.2) is 0 Å². The second-order valence-electron chi connectivity index (χ2n) is 5.94. The van der Waals surface area contributed by atoms with Gasteiger partial charge in [-0.25, -0.2) is 0 Å². The number of carbonyl (C=O) groups is 2. The third kappa shape index (κ3) is 4.30. The zero-order valence-electron chi connectivity index (χ0n) is 13.4. The fourth-order valence-electron chi connectivity index (χ4n) is 2.83. The summed E-state index contributed by atoms with van der Waals surface area (Å²) in [6.07, 6.45) is 5.69. The second-order valence-corrected chi connectivity index (χ2v) is 6.75. The molecular weight excluding hydrogens is 361 g/mol. The molecule has 1 aliphatic rings. The number of hydrogen-bond donors (Lipinski definition) is 2. The number of rotatable bonds is 4. The second kappa shape index (κ2) is 7.85. The lowest BCUT2D eigenvalue weighted by atomic mass is 10.1. The Kier molecular flexibility index (Phi) is 5.56. The molecule has 2 N–H and O–H groups in total. The molecule has 0 radical (unpaired) electrons. The van der Waals surface area contributed by atoms with Crippen molar-refractivity contribution in [3.63, 3.8) is 0 Å². The summed E-state index contributed by atoms with van der Waals surface area (Å²) in [5.74, 6) is -0.676. The predicted molar refractivity (Wildman–Crippen MR) is 98.4 cm³/mol. The molecule has 0 unspecified atom stereocenters. The number of nitrogens with zero attached hydrogens (tertiary/aromatic N) is 1. The Labute approximate surface area is 155 Å². The molecule has 0 bridgehead atoms. The molecule has 1 fully saturated rings. The highest BCUT2D eigenvalue weighted by molar-refractivity contribution is 6.40. The molecule has 130 valence electrons. The normalized spacial score (nSPS) is 14.3. The number of para-hydroxylation sites is 1. The standard InChI is InChI=1S/C18H17Cl2N3O2/c19-13-6-3-7-14(20)16(13)23-18(25)15-10-11(8-9-21-15)17(24)22-12-4-1-2-5-12/h3,6-10,12H,1-2,4-5H2,(H,22,24)(H,23,25). The molecule has 0 spiro atoms. The molecule has 2 aromatic rings. The van der Waals surface area contributed by atoms with Crippen LogP contribution in [0.25, 0.3) is 0 Å². The van der Waals surface area contributed by atoms with Gasteiger partial charge in [-0.05, 0) is 37.1 Å². The average Bonchev–Trinajstić information content (AvgIpc) is 3.11. The molecule has 7 heteroatoms. The number of carbonyl (C=O) groups excluding carboxylic acids is 2. The van der Waals surface area contributed by atoms with Crippen molar-refractivity contribution in [3.8, 4) is 0 Å². The fourth-order valence-corrected chi connectivity index (χ4v) is 3.32. The van der Waals surface area contributed by atoms with E-state index in [1.807, 2.05) is 0 Å². The Morgan fingerprint density at radius 3 is 2.40 bits per heavy atom. The van der Waals surface area contributed by atoms with Crippen LogP contribution in [0, 0.1) is 0 Å². The largest absolute Gasteiger partial charge is 0.349 e. The highest BCUT2D eigenvalue weighted by atomic mass is 35.5. The monoisotopic (exact) mass is 377 g/mol. The van der Waals surface area contributed by atoms with Crippen molar-refractivity contribution in [2.75, 3.05) is 5.32 Å². The number of pyridine rings is 1. The number of aromatic nitrogens is 1. The topological polar surface area (TPSA) is 71.1 Å². The van der Waals surface area contributed by atoms with Crippen LogP contribution in [0.3, 0.4) is 0 Å². The Hall–Kier alpha value is -2.11. The Balaban J connectivity index is 1.74. The molecule has 1 aliphatic carbocycles. The van der Waals surface area contributed by atoms with Gasteiger partial charge in [-0.3, -0.25) is 14.6 Å². The summed E-state index contributed by atoms with van der Waals surface area (Å²) in [6, 6.07) is 8.20. The number of anilines is 1. The summed E-state index contributed by atoms with van der Waals surface area (Å²) in [7, 11) is 0. The first kappa shape index (κ1) is 17.7. The third-order valence-corrected chi connectivity index (χ3v) is 4.78. The van der Waals surface area contributed by atoms with Gasteiger partial charge in [0.1, 0.15) is 5.69 Å². The number of benzene rings is 1. The smallest absolute Gasteiger partial charge is 0.274 e. The van der Waals surface area contributed by atoms with Crippen LogP contribution >= 0.6 is 23.2 Å². The zero-order valence-corrected chi connectivity index (χ0v) is 14.9. The number of nitrogens with one attached hydrogen (secondary N) is 2. The summed E-state index contributed by atoms with van der Waals surface area (Å²) in [5.41, 5.74) is 0.839. The molecule has 3 rings (SSSR count). The van der Waals surface area contributed by atoms with Gasteiger partial charge in [-0.1, -0.05) is 42.1 Å². The first-order chi connectivity index (χ1) is 12.0. The van der Waals surface area contributed by atoms with Gasteiger partial charge >= 0.3 is 0 Å². The van der Waals surface area contributed by atoms with E-state index in [2.05, 4.69) is 15.6 Å². The van der Waals surface area contributed by atoms with E-state index in [9.17, 15) is 9.59 Å². The van der Waals surface area contributed by atoms with Gasteiger partial charge in [-0.2, -0.15) is 0 Å². The quantitative estimate of drug-likeness (QED) is 0.833. The van der Waals surface area contributed by atoms with E-state index in [0.29, 0.717) is 21.3 Å². The van der Waals surface area contributed by atoms with Gasteiger partial charge in [-0.15, -0.1) is 0 Å². The summed E-state index contributed by atoms with van der Waals surface area (Å²) < 4.78 is 0. The summed E-state index contributed by atoms with van der Waals surface area (Å²) in [4.78, 5) is 28.8. The Morgan fingerprint density at radius 1 is 1.04 bits per heavy atom. The highest BCUT2D eigenvalue weighted by Gasteiger charge is 2.19. The van der Waals surface area contributed by atoms with Gasteiger partial charge in [0, 0.05) is 17.8 Å². The molecule has 0 aliphatic heterocycles. The molecule has 25 heavy (non-hydrogen) atoms. The van der Waals surface area contributed by atoms with Crippen LogP contribution in [0.1, 0.15) is 46.5 Å². The number of hydrogen-bond acceptors (Lipinski definition) is 3. The van der Waals surface area contributed by atoms with Crippen molar-refractivity contribution in [2.24, 2.45) is 0 Å². The van der Waals surface area contributed by atoms with E-state index in [1.165, 1.54) is 12.3 Å². The van der Waals surface area contributed by atoms with E-state index in [4.69, 9.17) is 23.2 Å². The van der Waals surface area contributed by atoms with Gasteiger partial charge in [0.2, 0.25) is 0 Å². The molecule has 1 saturated carbocycles. The van der Waals surface area contributed by atoms with Crippen LogP contribution in [0.15, 0.2) is 36.5 Å². The fraction of sp³-hybridized carbons (Fsp3) is 0.278. The van der Waals surface area contributed by atoms with Crippen LogP contribution in [0.4, 0.5) is 5.69 Å². The van der Waals surface area contributed by atoms with Crippen LogP contribution < -0.4 is 10.6 Å². The van der Waals surface area contributed by atoms with Crippen molar-refractivity contribution in [1.82, 2.24) is 10.3 Å². The molecule has 0 atom stereocenters. The van der Waals surface area contributed by atoms with Gasteiger partial charge in [0.25, 0.3) is 11.8 Å². The van der Waals surface area contributed by atoms with Crippen molar-refractivity contribution in [3.05, 3.63) is 57.8 Å². The molecule has 2 amide bonds. The lowest BCUT2D eigenvalue weighted by Crippen LogP contribution is -2.32. The Bertz CT molecular complexity index is 784. The van der Waals surface area contributed by atoms with E-state index >= 15 is 0 Å². The summed E-state index contributed by atoms with van der Waals surface area (Å²) in [6.45, 7) is 0. The molecule has 1 aromatic carbocycles. The van der Waals surface area contributed by atoms with E-state index in [1.54, 1.807) is 24.3 Å². The first-order valence-corrected chi connectivity index (χ1v) is 8.82. The number of amides is 2. The van der Waals surface area contributed by atoms with Gasteiger partial charge < -0.3 is 10.6 Å². The first-order valence-electron chi connectivity index (χ1n) is 8.07. The van der Waals surface area contributed by atoms with Crippen molar-refractivity contribution in [2.45, 2.75) is 31.7 Å². The molecule has 5 nitrogen and oxygen atoms in total. The lowest BCUT2D eigenvalue weighted by molar-refractivity contribution is 0.0937. The lowest BCUT2D eigenvalue weighted by Gasteiger charge is -2.12. The van der Waals surface area contributed by atoms with E-state index in [-0.39, 0.29) is 17.6 Å². The predicted octanol–water partition coefficient (Wildman–Crippen LogP) is 4.31. The number of halogens is 2. The maximum Gasteiger partial charge on any atom is 0.274 e. The minimum atomic E-state index is -0.481. The van der Waals surface area contributed by atoms with Crippen molar-refractivity contribution < 1.29 is 9.59 Å². The van der Waals surface area contributed by atoms with Crippen LogP contribution in [-0.4, -0.2) is 22.8 Å². The molecule has 0 saturated heterocycles. The van der Waals surface area contributed by atoms with Crippen LogP contribution in [0.5, 0.6) is 0 Å². The minimum absolute atomic E-state index is 0.120. The summed E-state index contributed by atoms with van der Waals surface area (Å²) in [5, 5.41) is 6.28. The molecular formula is C18H17Cl2N3O2. The maximum absolute atomic E-state index is 12.4. The third-order valence-electron chi connectivity index (χ3n) is 4.15. The molecule has 1 aromatic heterocycles. The zero-order chi connectivity index (χ0) is 17.8. The van der Waals surface area contributed by atoms with Crippen LogP contribution in [-0.2, 0) is 0 Å². The maximum atomic E-state index is 12.4. The highest BCUT2D eigenvalue weighted by Crippen LogP contribution is 2.30.